The van der Waals surface area contributed by atoms with E-state index in [1.54, 1.807) is 29.9 Å². The molecule has 0 bridgehead atoms. The van der Waals surface area contributed by atoms with Crippen LogP contribution in [0, 0.1) is 11.7 Å². The Morgan fingerprint density at radius 2 is 1.64 bits per heavy atom. The second kappa shape index (κ2) is 14.0. The Balaban J connectivity index is 1.47. The van der Waals surface area contributed by atoms with E-state index in [2.05, 4.69) is 15.7 Å². The van der Waals surface area contributed by atoms with Crippen LogP contribution in [0.4, 0.5) is 18.9 Å². The van der Waals surface area contributed by atoms with E-state index in [4.69, 9.17) is 0 Å². The number of hydrogen-bond donors (Lipinski definition) is 2. The first kappa shape index (κ1) is 31.3. The minimum absolute atomic E-state index is 0.0462. The van der Waals surface area contributed by atoms with Gasteiger partial charge >= 0.3 is 0 Å². The lowest BCUT2D eigenvalue weighted by Gasteiger charge is -2.30. The van der Waals surface area contributed by atoms with Crippen LogP contribution < -0.4 is 10.6 Å². The molecule has 1 aliphatic carbocycles. The number of halogens is 3. The molecule has 2 N–H and O–H groups in total. The van der Waals surface area contributed by atoms with Gasteiger partial charge in [-0.05, 0) is 81.7 Å². The Morgan fingerprint density at radius 3 is 2.24 bits per heavy atom. The van der Waals surface area contributed by atoms with E-state index in [0.29, 0.717) is 11.3 Å². The zero-order valence-electron chi connectivity index (χ0n) is 24.5. The van der Waals surface area contributed by atoms with Gasteiger partial charge in [0.1, 0.15) is 17.6 Å². The molecule has 8 nitrogen and oxygen atoms in total. The molecule has 2 atom stereocenters. The number of carbonyl (C=O) groups excluding carboxylic acids is 3. The predicted molar refractivity (Wildman–Crippen MR) is 154 cm³/mol. The predicted octanol–water partition coefficient (Wildman–Crippen LogP) is 6.19. The number of rotatable bonds is 8. The summed E-state index contributed by atoms with van der Waals surface area (Å²) in [6.07, 6.45) is 5.67. The van der Waals surface area contributed by atoms with Gasteiger partial charge in [-0.25, -0.2) is 4.39 Å². The second-order valence-electron chi connectivity index (χ2n) is 11.6. The van der Waals surface area contributed by atoms with Crippen LogP contribution in [0.2, 0.25) is 0 Å². The fraction of sp³-hybridized carbons (Fsp3) is 0.548. The number of likely N-dealkylation sites (tertiary alicyclic amines) is 1. The molecule has 2 heterocycles. The van der Waals surface area contributed by atoms with E-state index in [-0.39, 0.29) is 55.1 Å². The number of benzene rings is 1. The lowest BCUT2D eigenvalue weighted by molar-refractivity contribution is -0.133. The van der Waals surface area contributed by atoms with Crippen molar-refractivity contribution in [2.45, 2.75) is 90.1 Å². The van der Waals surface area contributed by atoms with Crippen molar-refractivity contribution in [3.63, 3.8) is 0 Å². The van der Waals surface area contributed by atoms with Crippen molar-refractivity contribution >= 4 is 23.4 Å². The first-order valence-electron chi connectivity index (χ1n) is 14.8. The number of hydrogen-bond acceptors (Lipinski definition) is 4. The summed E-state index contributed by atoms with van der Waals surface area (Å²) in [6.45, 7) is 5.86. The van der Waals surface area contributed by atoms with Crippen LogP contribution in [0.3, 0.4) is 0 Å². The molecule has 0 spiro atoms. The topological polar surface area (TPSA) is 96.3 Å². The third-order valence-electron chi connectivity index (χ3n) is 8.40. The van der Waals surface area contributed by atoms with E-state index < -0.39 is 35.7 Å². The van der Waals surface area contributed by atoms with Crippen LogP contribution in [0.15, 0.2) is 42.1 Å². The largest absolute Gasteiger partial charge is 0.342 e. The number of anilines is 1. The highest BCUT2D eigenvalue weighted by molar-refractivity contribution is 6.00. The van der Waals surface area contributed by atoms with Gasteiger partial charge in [0.05, 0.1) is 11.6 Å². The molecule has 2 fully saturated rings. The summed E-state index contributed by atoms with van der Waals surface area (Å²) in [5.74, 6) is -2.66. The van der Waals surface area contributed by atoms with Crippen LogP contribution >= 0.6 is 0 Å². The number of carbonyl (C=O) groups is 3. The molecule has 1 saturated heterocycles. The molecule has 1 aromatic heterocycles. The van der Waals surface area contributed by atoms with Crippen molar-refractivity contribution in [2.75, 3.05) is 18.4 Å². The molecule has 0 unspecified atom stereocenters. The fourth-order valence-electron chi connectivity index (χ4n) is 5.88. The van der Waals surface area contributed by atoms with E-state index in [0.717, 1.165) is 38.5 Å². The van der Waals surface area contributed by atoms with Gasteiger partial charge in [0.2, 0.25) is 11.8 Å². The van der Waals surface area contributed by atoms with Crippen molar-refractivity contribution in [1.82, 2.24) is 20.0 Å². The van der Waals surface area contributed by atoms with Crippen molar-refractivity contribution in [3.05, 3.63) is 59.2 Å². The van der Waals surface area contributed by atoms with Crippen molar-refractivity contribution in [2.24, 2.45) is 5.92 Å². The minimum Gasteiger partial charge on any atom is -0.342 e. The first-order chi connectivity index (χ1) is 20.1. The average Bonchev–Trinajstić information content (AvgIpc) is 3.33. The number of amides is 3. The maximum Gasteiger partial charge on any atom is 0.270 e. The molecule has 2 aromatic rings. The molecule has 1 saturated carbocycles. The molecule has 228 valence electrons. The Labute approximate surface area is 244 Å². The Morgan fingerprint density at radius 1 is 0.976 bits per heavy atom. The summed E-state index contributed by atoms with van der Waals surface area (Å²) in [7, 11) is 0. The molecule has 4 rings (SSSR count). The summed E-state index contributed by atoms with van der Waals surface area (Å²) in [5.41, 5.74) is 0.793. The standard InChI is InChI=1S/C31H40F3N5O3/c1-19(2)39-26(12-15-35-39)29(40)37-27(21-8-6-4-5-7-9-21)30(41)36-25-11-10-23(18-24(25)32)20(3)31(42)38-16-13-22(14-17-38)28(33)34/h10-12,15,18-21,27H,4-9,13-14,16-17H2,1-3H3,(H,36,41)(H,37,40)/t20-,27+/m1/s1. The third-order valence-corrected chi connectivity index (χ3v) is 8.40. The lowest BCUT2D eigenvalue weighted by atomic mass is 9.90. The van der Waals surface area contributed by atoms with Crippen LogP contribution in [-0.2, 0) is 9.59 Å². The average molecular weight is 588 g/mol. The number of piperidine rings is 1. The highest BCUT2D eigenvalue weighted by Crippen LogP contribution is 2.29. The fourth-order valence-corrected chi connectivity index (χ4v) is 5.88. The van der Waals surface area contributed by atoms with Gasteiger partial charge in [0.15, 0.2) is 0 Å². The molecular formula is C31H40F3N5O3. The monoisotopic (exact) mass is 587 g/mol. The van der Waals surface area contributed by atoms with Crippen LogP contribution in [0.5, 0.6) is 0 Å². The number of aromatic nitrogens is 2. The van der Waals surface area contributed by atoms with E-state index >= 15 is 4.39 Å². The van der Waals surface area contributed by atoms with Crippen molar-refractivity contribution in [1.29, 1.82) is 0 Å². The Hall–Kier alpha value is -3.63. The van der Waals surface area contributed by atoms with E-state index in [9.17, 15) is 23.2 Å². The van der Waals surface area contributed by atoms with Gasteiger partial charge in [-0.1, -0.05) is 31.7 Å². The maximum absolute atomic E-state index is 15.3. The summed E-state index contributed by atoms with van der Waals surface area (Å²) in [6, 6.07) is 4.92. The molecule has 42 heavy (non-hydrogen) atoms. The minimum atomic E-state index is -1.68. The number of nitrogens with zero attached hydrogens (tertiary/aromatic N) is 3. The van der Waals surface area contributed by atoms with E-state index in [1.165, 1.54) is 17.0 Å². The van der Waals surface area contributed by atoms with Crippen molar-refractivity contribution in [3.8, 4) is 0 Å². The maximum atomic E-state index is 15.3. The van der Waals surface area contributed by atoms with Crippen LogP contribution in [0.25, 0.3) is 0 Å². The first-order valence-corrected chi connectivity index (χ1v) is 14.8. The second-order valence-corrected chi connectivity index (χ2v) is 11.6. The molecular weight excluding hydrogens is 547 g/mol. The van der Waals surface area contributed by atoms with Crippen LogP contribution in [0.1, 0.15) is 100 Å². The summed E-state index contributed by atoms with van der Waals surface area (Å²) >= 11 is 0. The smallest absolute Gasteiger partial charge is 0.270 e. The Bertz CT molecular complexity index is 1300. The zero-order chi connectivity index (χ0) is 30.4. The molecule has 11 heteroatoms. The van der Waals surface area contributed by atoms with Gasteiger partial charge in [-0.2, -0.15) is 13.9 Å². The SMILES string of the molecule is CC(C)n1nccc1C(=O)N[C@H](C(=O)Nc1ccc([C@@H](C)C(=O)N2CCC(=C(F)F)CC2)cc1F)C1CCCCCC1. The summed E-state index contributed by atoms with van der Waals surface area (Å²) in [4.78, 5) is 41.3. The van der Waals surface area contributed by atoms with Crippen molar-refractivity contribution < 1.29 is 27.6 Å². The van der Waals surface area contributed by atoms with Gasteiger partial charge in [-0.15, -0.1) is 0 Å². The highest BCUT2D eigenvalue weighted by atomic mass is 19.3. The van der Waals surface area contributed by atoms with Gasteiger partial charge < -0.3 is 15.5 Å². The van der Waals surface area contributed by atoms with Gasteiger partial charge in [0.25, 0.3) is 12.0 Å². The quantitative estimate of drug-likeness (QED) is 0.360. The molecule has 2 aliphatic rings. The van der Waals surface area contributed by atoms with Gasteiger partial charge in [-0.3, -0.25) is 19.1 Å². The number of nitrogens with one attached hydrogen (secondary N) is 2. The highest BCUT2D eigenvalue weighted by Gasteiger charge is 2.32. The molecule has 0 radical (unpaired) electrons. The van der Waals surface area contributed by atoms with E-state index in [1.807, 2.05) is 13.8 Å². The summed E-state index contributed by atoms with van der Waals surface area (Å²) < 4.78 is 42.6. The molecule has 1 aromatic carbocycles. The molecule has 1 aliphatic heterocycles. The summed E-state index contributed by atoms with van der Waals surface area (Å²) in [5, 5.41) is 9.79. The van der Waals surface area contributed by atoms with Gasteiger partial charge in [0, 0.05) is 25.3 Å². The normalized spacial score (nSPS) is 17.9. The molecule has 3 amide bonds. The Kier molecular flexibility index (Phi) is 10.5. The lowest BCUT2D eigenvalue weighted by Crippen LogP contribution is -2.49. The van der Waals surface area contributed by atoms with Crippen LogP contribution in [-0.4, -0.2) is 51.5 Å². The third kappa shape index (κ3) is 7.41. The zero-order valence-corrected chi connectivity index (χ0v) is 24.5.